The first-order chi connectivity index (χ1) is 14.1. The first-order valence-electron chi connectivity index (χ1n) is 11.2. The maximum absolute atomic E-state index is 6.62. The quantitative estimate of drug-likeness (QED) is 0.217. The molecule has 0 aliphatic carbocycles. The van der Waals surface area contributed by atoms with Crippen molar-refractivity contribution in [3.05, 3.63) is 35.4 Å². The van der Waals surface area contributed by atoms with Crippen LogP contribution < -0.4 is 9.47 Å². The van der Waals surface area contributed by atoms with Crippen molar-refractivity contribution in [3.63, 3.8) is 0 Å². The Morgan fingerprint density at radius 2 is 1.66 bits per heavy atom. The summed E-state index contributed by atoms with van der Waals surface area (Å²) in [6, 6.07) is 10.1. The molecule has 0 fully saturated rings. The fraction of sp³-hybridized carbons (Fsp3) is 0.600. The van der Waals surface area contributed by atoms with E-state index >= 15 is 0 Å². The highest BCUT2D eigenvalue weighted by molar-refractivity contribution is 6.33. The predicted molar refractivity (Wildman–Crippen MR) is 127 cm³/mol. The summed E-state index contributed by atoms with van der Waals surface area (Å²) in [5.41, 5.74) is 0. The van der Waals surface area contributed by atoms with Crippen LogP contribution in [0.3, 0.4) is 0 Å². The second-order valence-electron chi connectivity index (χ2n) is 7.81. The summed E-state index contributed by atoms with van der Waals surface area (Å²) in [5.74, 6) is 2.17. The molecule has 2 atom stereocenters. The van der Waals surface area contributed by atoms with Crippen molar-refractivity contribution in [1.29, 1.82) is 0 Å². The van der Waals surface area contributed by atoms with E-state index in [1.54, 1.807) is 0 Å². The molecule has 29 heavy (non-hydrogen) atoms. The van der Waals surface area contributed by atoms with Crippen LogP contribution in [0.2, 0.25) is 5.02 Å². The smallest absolute Gasteiger partial charge is 0.145 e. The van der Waals surface area contributed by atoms with Crippen LogP contribution in [-0.4, -0.2) is 18.6 Å². The molecule has 2 aromatic rings. The summed E-state index contributed by atoms with van der Waals surface area (Å²) in [7, 11) is 0. The number of hydrogen-bond acceptors (Lipinski definition) is 2. The number of fused-ring (bicyclic) bond motifs is 1. The van der Waals surface area contributed by atoms with Crippen molar-refractivity contribution in [3.8, 4) is 11.5 Å². The predicted octanol–water partition coefficient (Wildman–Crippen LogP) is 8.65. The lowest BCUT2D eigenvalue weighted by atomic mass is 10.0. The van der Waals surface area contributed by atoms with E-state index in [1.807, 2.05) is 18.2 Å². The zero-order valence-corrected chi connectivity index (χ0v) is 19.7. The SMILES string of the molecule is CCCCC(CC)COc1c(Cl)cc(OCCCCC(Cl)CC)c2ccccc12. The number of benzene rings is 2. The largest absolute Gasteiger partial charge is 0.493 e. The van der Waals surface area contributed by atoms with E-state index in [0.29, 0.717) is 24.2 Å². The molecule has 0 bridgehead atoms. The van der Waals surface area contributed by atoms with Gasteiger partial charge in [-0.05, 0) is 38.0 Å². The van der Waals surface area contributed by atoms with Crippen LogP contribution in [-0.2, 0) is 0 Å². The van der Waals surface area contributed by atoms with Crippen LogP contribution >= 0.6 is 23.2 Å². The second kappa shape index (κ2) is 13.2. The zero-order valence-electron chi connectivity index (χ0n) is 18.2. The van der Waals surface area contributed by atoms with E-state index in [1.165, 1.54) is 19.3 Å². The molecule has 0 aliphatic rings. The average Bonchev–Trinajstić information content (AvgIpc) is 2.74. The molecule has 0 N–H and O–H groups in total. The number of halogens is 2. The number of unbranched alkanes of at least 4 members (excludes halogenated alkanes) is 2. The molecule has 2 nitrogen and oxygen atoms in total. The van der Waals surface area contributed by atoms with E-state index in [2.05, 4.69) is 32.9 Å². The Labute approximate surface area is 186 Å². The van der Waals surface area contributed by atoms with Gasteiger partial charge in [0.15, 0.2) is 0 Å². The molecule has 2 aromatic carbocycles. The Hall–Kier alpha value is -1.12. The van der Waals surface area contributed by atoms with Crippen LogP contribution in [0.4, 0.5) is 0 Å². The van der Waals surface area contributed by atoms with Gasteiger partial charge in [0.05, 0.1) is 18.2 Å². The fourth-order valence-electron chi connectivity index (χ4n) is 3.50. The molecule has 0 aliphatic heterocycles. The van der Waals surface area contributed by atoms with E-state index in [-0.39, 0.29) is 5.38 Å². The van der Waals surface area contributed by atoms with Crippen LogP contribution in [0.25, 0.3) is 10.8 Å². The topological polar surface area (TPSA) is 18.5 Å². The first kappa shape index (κ1) is 24.2. The van der Waals surface area contributed by atoms with Crippen LogP contribution in [0, 0.1) is 5.92 Å². The molecule has 0 saturated heterocycles. The molecule has 0 spiro atoms. The van der Waals surface area contributed by atoms with Gasteiger partial charge in [-0.25, -0.2) is 0 Å². The van der Waals surface area contributed by atoms with Crippen LogP contribution in [0.1, 0.15) is 72.1 Å². The minimum atomic E-state index is 0.269. The van der Waals surface area contributed by atoms with Gasteiger partial charge in [0.1, 0.15) is 11.5 Å². The molecular formula is C25H36Cl2O2. The van der Waals surface area contributed by atoms with Gasteiger partial charge in [0.25, 0.3) is 0 Å². The van der Waals surface area contributed by atoms with E-state index in [9.17, 15) is 0 Å². The summed E-state index contributed by atoms with van der Waals surface area (Å²) in [4.78, 5) is 0. The van der Waals surface area contributed by atoms with Gasteiger partial charge in [-0.3, -0.25) is 0 Å². The Kier molecular flexibility index (Phi) is 11.0. The third-order valence-electron chi connectivity index (χ3n) is 5.53. The number of ether oxygens (including phenoxy) is 2. The standard InChI is InChI=1S/C25H36Cl2O2/c1-4-7-12-19(5-2)18-29-25-22-15-9-8-14-21(22)24(17-23(25)27)28-16-11-10-13-20(26)6-3/h8-9,14-15,17,19-20H,4-7,10-13,16,18H2,1-3H3. The van der Waals surface area contributed by atoms with Crippen LogP contribution in [0.15, 0.2) is 30.3 Å². The number of alkyl halides is 1. The van der Waals surface area contributed by atoms with E-state index < -0.39 is 0 Å². The van der Waals surface area contributed by atoms with Gasteiger partial charge in [0, 0.05) is 22.2 Å². The Morgan fingerprint density at radius 3 is 2.34 bits per heavy atom. The summed E-state index contributed by atoms with van der Waals surface area (Å²) in [6.45, 7) is 7.96. The van der Waals surface area contributed by atoms with Crippen molar-refractivity contribution in [2.45, 2.75) is 77.5 Å². The summed E-state index contributed by atoms with van der Waals surface area (Å²) in [6.07, 6.45) is 8.90. The molecule has 162 valence electrons. The highest BCUT2D eigenvalue weighted by Crippen LogP contribution is 2.40. The van der Waals surface area contributed by atoms with Crippen molar-refractivity contribution >= 4 is 34.0 Å². The van der Waals surface area contributed by atoms with Crippen molar-refractivity contribution in [2.24, 2.45) is 5.92 Å². The molecule has 4 heteroatoms. The van der Waals surface area contributed by atoms with Gasteiger partial charge in [0.2, 0.25) is 0 Å². The van der Waals surface area contributed by atoms with Gasteiger partial charge < -0.3 is 9.47 Å². The normalized spacial score (nSPS) is 13.4. The molecule has 0 aromatic heterocycles. The number of rotatable bonds is 14. The van der Waals surface area contributed by atoms with E-state index in [4.69, 9.17) is 32.7 Å². The molecule has 0 saturated carbocycles. The summed E-state index contributed by atoms with van der Waals surface area (Å²) in [5, 5.41) is 2.96. The zero-order chi connectivity index (χ0) is 21.1. The summed E-state index contributed by atoms with van der Waals surface area (Å²) < 4.78 is 12.3. The molecule has 2 rings (SSSR count). The van der Waals surface area contributed by atoms with E-state index in [0.717, 1.165) is 54.4 Å². The van der Waals surface area contributed by atoms with Crippen LogP contribution in [0.5, 0.6) is 11.5 Å². The molecule has 0 amide bonds. The highest BCUT2D eigenvalue weighted by Gasteiger charge is 2.15. The monoisotopic (exact) mass is 438 g/mol. The van der Waals surface area contributed by atoms with Gasteiger partial charge in [-0.15, -0.1) is 11.6 Å². The van der Waals surface area contributed by atoms with Gasteiger partial charge in [-0.2, -0.15) is 0 Å². The molecular weight excluding hydrogens is 403 g/mol. The van der Waals surface area contributed by atoms with Crippen molar-refractivity contribution in [2.75, 3.05) is 13.2 Å². The lowest BCUT2D eigenvalue weighted by Gasteiger charge is -2.19. The average molecular weight is 439 g/mol. The Morgan fingerprint density at radius 1 is 0.897 bits per heavy atom. The Bertz CT molecular complexity index is 732. The lowest BCUT2D eigenvalue weighted by molar-refractivity contribution is 0.235. The maximum atomic E-state index is 6.62. The Balaban J connectivity index is 2.06. The van der Waals surface area contributed by atoms with Gasteiger partial charge in [-0.1, -0.05) is 75.9 Å². The molecule has 2 unspecified atom stereocenters. The van der Waals surface area contributed by atoms with Crippen molar-refractivity contribution < 1.29 is 9.47 Å². The summed E-state index contributed by atoms with van der Waals surface area (Å²) >= 11 is 12.8. The second-order valence-corrected chi connectivity index (χ2v) is 8.83. The minimum Gasteiger partial charge on any atom is -0.493 e. The first-order valence-corrected chi connectivity index (χ1v) is 12.0. The lowest BCUT2D eigenvalue weighted by Crippen LogP contribution is -2.12. The minimum absolute atomic E-state index is 0.269. The van der Waals surface area contributed by atoms with Crippen molar-refractivity contribution in [1.82, 2.24) is 0 Å². The third kappa shape index (κ3) is 7.57. The highest BCUT2D eigenvalue weighted by atomic mass is 35.5. The molecule has 0 radical (unpaired) electrons. The molecule has 0 heterocycles. The maximum Gasteiger partial charge on any atom is 0.145 e. The third-order valence-corrected chi connectivity index (χ3v) is 6.34. The van der Waals surface area contributed by atoms with Gasteiger partial charge >= 0.3 is 0 Å². The fourth-order valence-corrected chi connectivity index (χ4v) is 3.91. The number of hydrogen-bond donors (Lipinski definition) is 0.